The van der Waals surface area contributed by atoms with Gasteiger partial charge in [-0.25, -0.2) is 4.79 Å². The molecule has 0 aromatic carbocycles. The monoisotopic (exact) mass is 288 g/mol. The summed E-state index contributed by atoms with van der Waals surface area (Å²) in [5, 5.41) is 0. The summed E-state index contributed by atoms with van der Waals surface area (Å²) >= 11 is 0. The summed E-state index contributed by atoms with van der Waals surface area (Å²) in [6.45, 7) is 5.42. The summed E-state index contributed by atoms with van der Waals surface area (Å²) < 4.78 is 20.6. The van der Waals surface area contributed by atoms with E-state index in [0.717, 1.165) is 0 Å². The summed E-state index contributed by atoms with van der Waals surface area (Å²) in [6, 6.07) is 0.611. The summed E-state index contributed by atoms with van der Waals surface area (Å²) in [6.07, 6.45) is 0.640. The average Bonchev–Trinajstić information content (AvgIpc) is 2.30. The second-order valence-corrected chi connectivity index (χ2v) is 6.41. The van der Waals surface area contributed by atoms with Crippen LogP contribution in [0.3, 0.4) is 0 Å². The molecule has 0 bridgehead atoms. The first kappa shape index (κ1) is 23.2. The van der Waals surface area contributed by atoms with Gasteiger partial charge in [-0.05, 0) is 13.3 Å². The fourth-order valence-electron chi connectivity index (χ4n) is 1.13. The van der Waals surface area contributed by atoms with Gasteiger partial charge in [-0.2, -0.15) is 0 Å². The Bertz CT molecular complexity index is 236. The SMILES string of the molecule is C=C(C)C(=O)OCCC[Si](OC)(OC)OC.[Mg+2].[O-2]. The first-order chi connectivity index (χ1) is 7.51. The summed E-state index contributed by atoms with van der Waals surface area (Å²) in [7, 11) is 2.13. The molecular formula is C10H20MgO6Si. The Morgan fingerprint density at radius 3 is 1.94 bits per heavy atom. The van der Waals surface area contributed by atoms with Crippen LogP contribution in [0.5, 0.6) is 0 Å². The van der Waals surface area contributed by atoms with Crippen molar-refractivity contribution in [3.8, 4) is 0 Å². The van der Waals surface area contributed by atoms with Gasteiger partial charge in [-0.15, -0.1) is 0 Å². The van der Waals surface area contributed by atoms with Gasteiger partial charge in [0.15, 0.2) is 0 Å². The van der Waals surface area contributed by atoms with Crippen molar-refractivity contribution in [2.75, 3.05) is 27.9 Å². The van der Waals surface area contributed by atoms with Crippen molar-refractivity contribution in [2.45, 2.75) is 19.4 Å². The van der Waals surface area contributed by atoms with E-state index in [-0.39, 0.29) is 34.5 Å². The molecule has 0 rings (SSSR count). The molecule has 0 unspecified atom stereocenters. The summed E-state index contributed by atoms with van der Waals surface area (Å²) in [5.74, 6) is -0.375. The zero-order chi connectivity index (χ0) is 12.6. The second-order valence-electron chi connectivity index (χ2n) is 3.32. The van der Waals surface area contributed by atoms with Crippen molar-refractivity contribution in [1.82, 2.24) is 0 Å². The predicted octanol–water partition coefficient (Wildman–Crippen LogP) is 0.874. The van der Waals surface area contributed by atoms with Crippen molar-refractivity contribution in [2.24, 2.45) is 0 Å². The Kier molecular flexibility index (Phi) is 15.5. The number of ether oxygens (including phenoxy) is 1. The zero-order valence-electron chi connectivity index (χ0n) is 11.5. The molecule has 102 valence electrons. The third-order valence-electron chi connectivity index (χ3n) is 2.14. The van der Waals surface area contributed by atoms with Crippen LogP contribution < -0.4 is 0 Å². The Morgan fingerprint density at radius 2 is 1.61 bits per heavy atom. The largest absolute Gasteiger partial charge is 2.00 e. The Labute approximate surface area is 125 Å². The van der Waals surface area contributed by atoms with Gasteiger partial charge in [0.25, 0.3) is 0 Å². The van der Waals surface area contributed by atoms with Crippen molar-refractivity contribution in [1.29, 1.82) is 0 Å². The molecule has 0 N–H and O–H groups in total. The van der Waals surface area contributed by atoms with Crippen molar-refractivity contribution in [3.05, 3.63) is 12.2 Å². The fraction of sp³-hybridized carbons (Fsp3) is 0.700. The molecule has 0 spiro atoms. The standard InChI is InChI=1S/C10H20O5Si.Mg.O/c1-9(2)10(11)15-7-6-8-16(12-3,13-4)14-5;;/h1,6-8H2,2-5H3;;/q;+2;-2. The van der Waals surface area contributed by atoms with Gasteiger partial charge in [0, 0.05) is 32.9 Å². The fourth-order valence-corrected chi connectivity index (χ4v) is 2.82. The Balaban J connectivity index is -0.00000112. The first-order valence-electron chi connectivity index (χ1n) is 4.99. The van der Waals surface area contributed by atoms with Gasteiger partial charge >= 0.3 is 37.8 Å². The minimum Gasteiger partial charge on any atom is -2.00 e. The van der Waals surface area contributed by atoms with Gasteiger partial charge in [-0.3, -0.25) is 0 Å². The topological polar surface area (TPSA) is 82.5 Å². The van der Waals surface area contributed by atoms with E-state index < -0.39 is 8.80 Å². The first-order valence-corrected chi connectivity index (χ1v) is 6.92. The van der Waals surface area contributed by atoms with Crippen LogP contribution in [0, 0.1) is 0 Å². The third-order valence-corrected chi connectivity index (χ3v) is 4.97. The maximum absolute atomic E-state index is 11.1. The van der Waals surface area contributed by atoms with Crippen LogP contribution in [-0.2, 0) is 28.3 Å². The molecular weight excluding hydrogens is 268 g/mol. The van der Waals surface area contributed by atoms with Gasteiger partial charge < -0.3 is 23.5 Å². The van der Waals surface area contributed by atoms with E-state index >= 15 is 0 Å². The van der Waals surface area contributed by atoms with Gasteiger partial charge in [-0.1, -0.05) is 6.58 Å². The van der Waals surface area contributed by atoms with Gasteiger partial charge in [0.1, 0.15) is 0 Å². The minimum absolute atomic E-state index is 0. The molecule has 0 amide bonds. The van der Waals surface area contributed by atoms with E-state index in [1.54, 1.807) is 28.3 Å². The van der Waals surface area contributed by atoms with E-state index in [9.17, 15) is 4.79 Å². The minimum atomic E-state index is -2.53. The quantitative estimate of drug-likeness (QED) is 0.286. The molecule has 0 aromatic rings. The van der Waals surface area contributed by atoms with E-state index in [4.69, 9.17) is 18.0 Å². The van der Waals surface area contributed by atoms with Crippen LogP contribution in [0.15, 0.2) is 12.2 Å². The number of carbonyl (C=O) groups is 1. The Hall–Kier alpha value is 0.0331. The van der Waals surface area contributed by atoms with E-state index in [2.05, 4.69) is 6.58 Å². The molecule has 0 heterocycles. The maximum Gasteiger partial charge on any atom is 2.00 e. The number of rotatable bonds is 8. The van der Waals surface area contributed by atoms with Crippen LogP contribution in [0.1, 0.15) is 13.3 Å². The van der Waals surface area contributed by atoms with E-state index in [1.165, 1.54) is 0 Å². The molecule has 18 heavy (non-hydrogen) atoms. The zero-order valence-corrected chi connectivity index (χ0v) is 13.9. The molecule has 0 aliphatic carbocycles. The van der Waals surface area contributed by atoms with E-state index in [0.29, 0.717) is 24.6 Å². The molecule has 0 aliphatic rings. The molecule has 0 fully saturated rings. The molecule has 0 aliphatic heterocycles. The normalized spacial score (nSPS) is 10.0. The average molecular weight is 289 g/mol. The molecule has 0 radical (unpaired) electrons. The number of hydrogen-bond acceptors (Lipinski definition) is 5. The summed E-state index contributed by atoms with van der Waals surface area (Å²) in [4.78, 5) is 11.1. The van der Waals surface area contributed by atoms with Gasteiger partial charge in [0.2, 0.25) is 0 Å². The Morgan fingerprint density at radius 1 is 1.17 bits per heavy atom. The number of carbonyl (C=O) groups excluding carboxylic acids is 1. The molecule has 6 nitrogen and oxygen atoms in total. The van der Waals surface area contributed by atoms with Crippen molar-refractivity contribution < 1.29 is 28.3 Å². The molecule has 0 saturated carbocycles. The number of hydrogen-bond donors (Lipinski definition) is 0. The van der Waals surface area contributed by atoms with Crippen molar-refractivity contribution >= 4 is 37.8 Å². The third kappa shape index (κ3) is 8.19. The maximum atomic E-state index is 11.1. The van der Waals surface area contributed by atoms with Crippen LogP contribution in [0.4, 0.5) is 0 Å². The summed E-state index contributed by atoms with van der Waals surface area (Å²) in [5.41, 5.74) is 0.397. The van der Waals surface area contributed by atoms with Crippen LogP contribution in [-0.4, -0.2) is 65.8 Å². The van der Waals surface area contributed by atoms with Gasteiger partial charge in [0.05, 0.1) is 6.61 Å². The van der Waals surface area contributed by atoms with Crippen LogP contribution in [0.2, 0.25) is 6.04 Å². The molecule has 0 atom stereocenters. The molecule has 0 saturated heterocycles. The van der Waals surface area contributed by atoms with E-state index in [1.807, 2.05) is 0 Å². The van der Waals surface area contributed by atoms with Crippen LogP contribution >= 0.6 is 0 Å². The number of esters is 1. The van der Waals surface area contributed by atoms with Crippen molar-refractivity contribution in [3.63, 3.8) is 0 Å². The second kappa shape index (κ2) is 12.1. The molecule has 8 heteroatoms. The smallest absolute Gasteiger partial charge is 2.00 e. The molecule has 0 aromatic heterocycles. The predicted molar refractivity (Wildman–Crippen MR) is 68.4 cm³/mol. The van der Waals surface area contributed by atoms with Crippen LogP contribution in [0.25, 0.3) is 0 Å².